The van der Waals surface area contributed by atoms with Gasteiger partial charge in [-0.25, -0.2) is 39.9 Å². The Bertz CT molecular complexity index is 5140. The Kier molecular flexibility index (Phi) is 32.6. The minimum Gasteiger partial charge on any atom is -0.334 e. The van der Waals surface area contributed by atoms with Crippen LogP contribution in [0.2, 0.25) is 0 Å². The average molecular weight is 1790 g/mol. The molecule has 115 heavy (non-hydrogen) atoms. The molecule has 2 aliphatic carbocycles. The number of hydrogen-bond donors (Lipinski definition) is 0. The number of carbonyl (C=O) groups excluding carboxylic acids is 4. The molecule has 2 aliphatic rings. The molecular weight excluding hydrogens is 1680 g/mol. The number of hydrogen-bond acceptors (Lipinski definition) is 12. The molecule has 2 fully saturated rings. The zero-order valence-electron chi connectivity index (χ0n) is 68.5. The number of pyridine rings is 4. The number of fused-ring (bicyclic) bond motifs is 4. The number of aryl methyl sites for hydroxylation is 3. The van der Waals surface area contributed by atoms with Crippen molar-refractivity contribution >= 4 is 123 Å². The first kappa shape index (κ1) is 86.8. The van der Waals surface area contributed by atoms with Crippen molar-refractivity contribution in [3.63, 3.8) is 0 Å². The lowest BCUT2D eigenvalue weighted by molar-refractivity contribution is 0.0711. The molecule has 0 N–H and O–H groups in total. The molecule has 8 heterocycles. The maximum atomic E-state index is 13.6. The highest BCUT2D eigenvalue weighted by molar-refractivity contribution is 14.1. The second-order valence-electron chi connectivity index (χ2n) is 31.2. The number of halogens is 3. The van der Waals surface area contributed by atoms with Gasteiger partial charge in [0.25, 0.3) is 23.6 Å². The molecule has 2 saturated carbocycles. The SMILES string of the molecule is CCCCCCc1ccc(C(=O)N(Cc2nc3cccnc3n2C2CCCC2)CC(C)C)cc1.CCCCN(Cc1nc2cccnc2n1C1CCCC1)C(=O)c1ccc(I)cc1.CCCn1c(CN(C)C(=O)c2cccc(Br)c2)nc2cccnc21.CCCn1c(CN(CCC(C)C)C(=O)c2cccc(Br)c2)nc2cccnc21. The van der Waals surface area contributed by atoms with Gasteiger partial charge in [0, 0.05) is 111 Å². The van der Waals surface area contributed by atoms with Crippen molar-refractivity contribution in [2.45, 2.75) is 222 Å². The van der Waals surface area contributed by atoms with Gasteiger partial charge in [-0.15, -0.1) is 0 Å². The van der Waals surface area contributed by atoms with Crippen LogP contribution in [0, 0.1) is 15.4 Å². The highest BCUT2D eigenvalue weighted by atomic mass is 127. The molecule has 0 aliphatic heterocycles. The summed E-state index contributed by atoms with van der Waals surface area (Å²) in [6.07, 6.45) is 28.0. The number of rotatable bonds is 31. The quantitative estimate of drug-likeness (QED) is 0.0294. The monoisotopic (exact) mass is 1790 g/mol. The third-order valence-electron chi connectivity index (χ3n) is 21.2. The maximum Gasteiger partial charge on any atom is 0.254 e. The van der Waals surface area contributed by atoms with Crippen LogP contribution in [0.25, 0.3) is 44.7 Å². The highest BCUT2D eigenvalue weighted by Gasteiger charge is 2.30. The van der Waals surface area contributed by atoms with Crippen molar-refractivity contribution in [1.29, 1.82) is 0 Å². The first-order chi connectivity index (χ1) is 55.8. The average Bonchev–Trinajstić information content (AvgIpc) is 1.67. The molecule has 4 aromatic carbocycles. The van der Waals surface area contributed by atoms with E-state index in [4.69, 9.17) is 15.0 Å². The molecule has 4 amide bonds. The number of imidazole rings is 4. The topological polar surface area (TPSA) is 204 Å². The standard InChI is InChI=1S/C29H40N4O.C23H27IN4O.C22H27BrN4O.C18H19BrN4O/c1-4-5-6-7-11-23-15-17-24(18-16-23)29(34)32(20-22(2)3)21-27-31-26-14-10-19-30-28(26)33(27)25-12-8-9-13-25;1-2-3-15-27(23(29)17-10-12-18(24)13-11-17)16-21-26-20-9-6-14-25-22(20)28(21)19-7-4-5-8-19;1-4-12-27-20(25-19-9-6-11-24-21(19)27)15-26(13-10-16(2)3)22(28)17-7-5-8-18(23)14-17;1-3-10-23-16(21-15-8-5-9-20-17(15)23)12-22(2)18(24)13-6-4-7-14(19)11-13/h10,14-19,22,25H,4-9,11-13,20-21H2,1-3H3;6,9-14,19H,2-5,7-8,15-16H2,1H3;5-9,11,14,16H,4,10,12-13,15H2,1-3H3;4-9,11H,3,10,12H2,1-2H3. The first-order valence-corrected chi connectivity index (χ1v) is 44.2. The second-order valence-corrected chi connectivity index (χ2v) is 34.3. The molecule has 0 saturated heterocycles. The van der Waals surface area contributed by atoms with E-state index in [0.717, 1.165) is 175 Å². The van der Waals surface area contributed by atoms with Crippen molar-refractivity contribution in [2.24, 2.45) is 11.8 Å². The molecule has 12 aromatic rings. The summed E-state index contributed by atoms with van der Waals surface area (Å²) >= 11 is 9.14. The zero-order chi connectivity index (χ0) is 81.3. The highest BCUT2D eigenvalue weighted by Crippen LogP contribution is 2.36. The summed E-state index contributed by atoms with van der Waals surface area (Å²) in [5, 5.41) is 0. The van der Waals surface area contributed by atoms with Gasteiger partial charge in [-0.3, -0.25) is 19.2 Å². The van der Waals surface area contributed by atoms with E-state index in [2.05, 4.69) is 165 Å². The van der Waals surface area contributed by atoms with Gasteiger partial charge in [0.05, 0.1) is 26.2 Å². The summed E-state index contributed by atoms with van der Waals surface area (Å²) in [5.74, 6) is 4.74. The van der Waals surface area contributed by atoms with E-state index >= 15 is 0 Å². The van der Waals surface area contributed by atoms with Crippen molar-refractivity contribution in [2.75, 3.05) is 26.7 Å². The lowest BCUT2D eigenvalue weighted by Gasteiger charge is -2.26. The summed E-state index contributed by atoms with van der Waals surface area (Å²) < 4.78 is 11.8. The van der Waals surface area contributed by atoms with Crippen LogP contribution >= 0.6 is 54.5 Å². The number of benzene rings is 4. The van der Waals surface area contributed by atoms with Crippen LogP contribution in [0.3, 0.4) is 0 Å². The van der Waals surface area contributed by atoms with Gasteiger partial charge in [0.2, 0.25) is 0 Å². The Hall–Kier alpha value is -9.07. The summed E-state index contributed by atoms with van der Waals surface area (Å²) in [6.45, 7) is 23.1. The molecule has 8 aromatic heterocycles. The maximum absolute atomic E-state index is 13.6. The summed E-state index contributed by atoms with van der Waals surface area (Å²) in [5.41, 5.74) is 11.4. The predicted molar refractivity (Wildman–Crippen MR) is 477 cm³/mol. The third kappa shape index (κ3) is 23.4. The van der Waals surface area contributed by atoms with Gasteiger partial charge in [0.15, 0.2) is 22.6 Å². The van der Waals surface area contributed by atoms with E-state index in [-0.39, 0.29) is 23.6 Å². The van der Waals surface area contributed by atoms with E-state index in [1.807, 2.05) is 161 Å². The van der Waals surface area contributed by atoms with E-state index in [9.17, 15) is 19.2 Å². The molecule has 20 nitrogen and oxygen atoms in total. The number of carbonyl (C=O) groups is 4. The van der Waals surface area contributed by atoms with Crippen LogP contribution in [-0.2, 0) is 45.7 Å². The molecule has 0 atom stereocenters. The van der Waals surface area contributed by atoms with Crippen LogP contribution in [0.15, 0.2) is 179 Å². The van der Waals surface area contributed by atoms with E-state index in [1.165, 1.54) is 56.9 Å². The molecule has 14 rings (SSSR count). The molecule has 0 spiro atoms. The van der Waals surface area contributed by atoms with Crippen LogP contribution in [-0.4, -0.2) is 128 Å². The zero-order valence-corrected chi connectivity index (χ0v) is 73.8. The fourth-order valence-corrected chi connectivity index (χ4v) is 16.5. The summed E-state index contributed by atoms with van der Waals surface area (Å²) in [4.78, 5) is 97.9. The lowest BCUT2D eigenvalue weighted by atomic mass is 10.0. The van der Waals surface area contributed by atoms with Crippen LogP contribution in [0.4, 0.5) is 0 Å². The largest absolute Gasteiger partial charge is 0.334 e. The predicted octanol–water partition coefficient (Wildman–Crippen LogP) is 21.7. The Morgan fingerprint density at radius 2 is 0.852 bits per heavy atom. The number of unbranched alkanes of at least 4 members (excludes halogenated alkanes) is 4. The number of amides is 4. The van der Waals surface area contributed by atoms with E-state index < -0.39 is 0 Å². The van der Waals surface area contributed by atoms with Crippen LogP contribution in [0.1, 0.15) is 247 Å². The Balaban J connectivity index is 0.000000152. The normalized spacial score (nSPS) is 13.0. The van der Waals surface area contributed by atoms with Gasteiger partial charge >= 0.3 is 0 Å². The molecule has 0 unspecified atom stereocenters. The van der Waals surface area contributed by atoms with Gasteiger partial charge < -0.3 is 37.9 Å². The summed E-state index contributed by atoms with van der Waals surface area (Å²) in [7, 11) is 1.80. The van der Waals surface area contributed by atoms with Crippen molar-refractivity contribution in [3.05, 3.63) is 234 Å². The van der Waals surface area contributed by atoms with Crippen LogP contribution in [0.5, 0.6) is 0 Å². The smallest absolute Gasteiger partial charge is 0.254 e. The Labute approximate surface area is 709 Å². The fraction of sp³-hybridized carbons (Fsp3) is 0.435. The summed E-state index contributed by atoms with van der Waals surface area (Å²) in [6, 6.07) is 47.6. The Morgan fingerprint density at radius 3 is 1.32 bits per heavy atom. The first-order valence-electron chi connectivity index (χ1n) is 41.6. The molecule has 23 heteroatoms. The van der Waals surface area contributed by atoms with Gasteiger partial charge in [0.1, 0.15) is 45.4 Å². The van der Waals surface area contributed by atoms with E-state index in [0.29, 0.717) is 74.3 Å². The number of nitrogens with zero attached hydrogens (tertiary/aromatic N) is 16. The van der Waals surface area contributed by atoms with Gasteiger partial charge in [-0.1, -0.05) is 163 Å². The van der Waals surface area contributed by atoms with Gasteiger partial charge in [-0.05, 0) is 226 Å². The van der Waals surface area contributed by atoms with Crippen molar-refractivity contribution < 1.29 is 19.2 Å². The number of aromatic nitrogens is 12. The second kappa shape index (κ2) is 43.2. The minimum atomic E-state index is -0.0284. The lowest BCUT2D eigenvalue weighted by Crippen LogP contribution is -2.35. The Morgan fingerprint density at radius 1 is 0.435 bits per heavy atom. The molecule has 606 valence electrons. The van der Waals surface area contributed by atoms with Gasteiger partial charge in [-0.2, -0.15) is 0 Å². The molecule has 0 radical (unpaired) electrons. The van der Waals surface area contributed by atoms with Crippen LogP contribution < -0.4 is 0 Å². The fourth-order valence-electron chi connectivity index (χ4n) is 15.3. The van der Waals surface area contributed by atoms with Crippen molar-refractivity contribution in [1.82, 2.24) is 77.7 Å². The minimum absolute atomic E-state index is 0.0284. The third-order valence-corrected chi connectivity index (χ3v) is 22.9. The molecule has 0 bridgehead atoms. The molecular formula is C92H113Br2IN16O4. The van der Waals surface area contributed by atoms with Crippen molar-refractivity contribution in [3.8, 4) is 0 Å². The van der Waals surface area contributed by atoms with E-state index in [1.54, 1.807) is 24.3 Å².